The molecule has 0 bridgehead atoms. The number of nitrogens with one attached hydrogen (secondary N) is 1. The Morgan fingerprint density at radius 1 is 1.48 bits per heavy atom. The van der Waals surface area contributed by atoms with Crippen LogP contribution in [-0.4, -0.2) is 41.0 Å². The predicted octanol–water partition coefficient (Wildman–Crippen LogP) is 2.12. The van der Waals surface area contributed by atoms with E-state index in [0.717, 1.165) is 0 Å². The van der Waals surface area contributed by atoms with E-state index in [-0.39, 0.29) is 13.2 Å². The SMILES string of the molecule is CCC(CO)(CO)NC(=O)C(C)Oc1ccc(Cl)cc1Br. The normalized spacial score (nSPS) is 12.9. The molecule has 0 aliphatic rings. The van der Waals surface area contributed by atoms with E-state index in [1.165, 1.54) is 0 Å². The lowest BCUT2D eigenvalue weighted by Gasteiger charge is -2.31. The maximum Gasteiger partial charge on any atom is 0.261 e. The molecule has 0 spiro atoms. The number of carbonyl (C=O) groups is 1. The van der Waals surface area contributed by atoms with Gasteiger partial charge in [-0.05, 0) is 47.5 Å². The monoisotopic (exact) mass is 379 g/mol. The highest BCUT2D eigenvalue weighted by molar-refractivity contribution is 9.10. The minimum absolute atomic E-state index is 0.344. The molecule has 0 aliphatic carbocycles. The fourth-order valence-corrected chi connectivity index (χ4v) is 2.39. The fourth-order valence-electron chi connectivity index (χ4n) is 1.62. The third-order valence-electron chi connectivity index (χ3n) is 3.24. The zero-order valence-electron chi connectivity index (χ0n) is 11.9. The van der Waals surface area contributed by atoms with Gasteiger partial charge >= 0.3 is 0 Å². The van der Waals surface area contributed by atoms with E-state index in [1.807, 2.05) is 0 Å². The molecular formula is C14H19BrClNO4. The first-order chi connectivity index (χ1) is 9.87. The molecule has 21 heavy (non-hydrogen) atoms. The molecule has 5 nitrogen and oxygen atoms in total. The Morgan fingerprint density at radius 2 is 2.10 bits per heavy atom. The molecule has 118 valence electrons. The Bertz CT molecular complexity index is 486. The van der Waals surface area contributed by atoms with Crippen LogP contribution >= 0.6 is 27.5 Å². The summed E-state index contributed by atoms with van der Waals surface area (Å²) in [5.74, 6) is 0.0685. The number of halogens is 2. The Kier molecular flexibility index (Phi) is 6.93. The molecule has 0 radical (unpaired) electrons. The van der Waals surface area contributed by atoms with Gasteiger partial charge in [0.15, 0.2) is 6.10 Å². The van der Waals surface area contributed by atoms with E-state index in [4.69, 9.17) is 16.3 Å². The summed E-state index contributed by atoms with van der Waals surface area (Å²) in [6.07, 6.45) is -0.380. The molecule has 1 aromatic carbocycles. The topological polar surface area (TPSA) is 78.8 Å². The van der Waals surface area contributed by atoms with Crippen molar-refractivity contribution in [1.82, 2.24) is 5.32 Å². The van der Waals surface area contributed by atoms with Gasteiger partial charge < -0.3 is 20.3 Å². The molecule has 0 aromatic heterocycles. The number of hydrogen-bond donors (Lipinski definition) is 3. The van der Waals surface area contributed by atoms with Gasteiger partial charge in [0, 0.05) is 5.02 Å². The van der Waals surface area contributed by atoms with Crippen molar-refractivity contribution in [3.63, 3.8) is 0 Å². The van der Waals surface area contributed by atoms with Crippen LogP contribution in [0.2, 0.25) is 5.02 Å². The average Bonchev–Trinajstić information content (AvgIpc) is 2.47. The highest BCUT2D eigenvalue weighted by Crippen LogP contribution is 2.28. The summed E-state index contributed by atoms with van der Waals surface area (Å²) in [5, 5.41) is 21.8. The molecule has 1 amide bonds. The molecule has 1 atom stereocenters. The Balaban J connectivity index is 2.74. The lowest BCUT2D eigenvalue weighted by Crippen LogP contribution is -2.56. The van der Waals surface area contributed by atoms with Crippen molar-refractivity contribution in [2.45, 2.75) is 31.9 Å². The second kappa shape index (κ2) is 7.98. The second-order valence-corrected chi connectivity index (χ2v) is 6.06. The summed E-state index contributed by atoms with van der Waals surface area (Å²) in [4.78, 5) is 12.1. The molecule has 7 heteroatoms. The van der Waals surface area contributed by atoms with E-state index < -0.39 is 17.6 Å². The smallest absolute Gasteiger partial charge is 0.261 e. The van der Waals surface area contributed by atoms with E-state index in [2.05, 4.69) is 21.2 Å². The van der Waals surface area contributed by atoms with Crippen molar-refractivity contribution in [3.8, 4) is 5.75 Å². The van der Waals surface area contributed by atoms with Crippen molar-refractivity contribution < 1.29 is 19.7 Å². The molecule has 1 unspecified atom stereocenters. The van der Waals surface area contributed by atoms with E-state index in [9.17, 15) is 15.0 Å². The Labute approximate surface area is 137 Å². The first kappa shape index (κ1) is 18.2. The molecule has 0 heterocycles. The number of ether oxygens (including phenoxy) is 1. The maximum atomic E-state index is 12.1. The predicted molar refractivity (Wildman–Crippen MR) is 84.6 cm³/mol. The molecule has 0 saturated carbocycles. The Morgan fingerprint density at radius 3 is 2.57 bits per heavy atom. The van der Waals surface area contributed by atoms with Crippen LogP contribution in [0.3, 0.4) is 0 Å². The largest absolute Gasteiger partial charge is 0.480 e. The zero-order valence-corrected chi connectivity index (χ0v) is 14.2. The number of carbonyl (C=O) groups excluding carboxylic acids is 1. The van der Waals surface area contributed by atoms with Crippen LogP contribution in [0.1, 0.15) is 20.3 Å². The van der Waals surface area contributed by atoms with Crippen LogP contribution in [0.25, 0.3) is 0 Å². The van der Waals surface area contributed by atoms with E-state index >= 15 is 0 Å². The van der Waals surface area contributed by atoms with Crippen LogP contribution in [0, 0.1) is 0 Å². The van der Waals surface area contributed by atoms with Crippen LogP contribution < -0.4 is 10.1 Å². The maximum absolute atomic E-state index is 12.1. The van der Waals surface area contributed by atoms with Crippen molar-refractivity contribution in [1.29, 1.82) is 0 Å². The van der Waals surface area contributed by atoms with Crippen LogP contribution in [0.4, 0.5) is 0 Å². The van der Waals surface area contributed by atoms with Gasteiger partial charge in [-0.2, -0.15) is 0 Å². The van der Waals surface area contributed by atoms with E-state index in [1.54, 1.807) is 32.0 Å². The third-order valence-corrected chi connectivity index (χ3v) is 4.09. The quantitative estimate of drug-likeness (QED) is 0.677. The van der Waals surface area contributed by atoms with Gasteiger partial charge in [0.05, 0.1) is 23.2 Å². The number of amides is 1. The van der Waals surface area contributed by atoms with E-state index in [0.29, 0.717) is 21.7 Å². The summed E-state index contributed by atoms with van der Waals surface area (Å²) in [7, 11) is 0. The fraction of sp³-hybridized carbons (Fsp3) is 0.500. The number of aliphatic hydroxyl groups is 2. The zero-order chi connectivity index (χ0) is 16.0. The van der Waals surface area contributed by atoms with Crippen molar-refractivity contribution in [2.24, 2.45) is 0 Å². The van der Waals surface area contributed by atoms with Gasteiger partial charge in [0.1, 0.15) is 5.75 Å². The molecule has 0 fully saturated rings. The Hall–Kier alpha value is -0.820. The lowest BCUT2D eigenvalue weighted by atomic mass is 9.98. The summed E-state index contributed by atoms with van der Waals surface area (Å²) in [6, 6.07) is 4.98. The highest BCUT2D eigenvalue weighted by Gasteiger charge is 2.31. The lowest BCUT2D eigenvalue weighted by molar-refractivity contribution is -0.130. The van der Waals surface area contributed by atoms with Gasteiger partial charge in [-0.3, -0.25) is 4.79 Å². The summed E-state index contributed by atoms with van der Waals surface area (Å²) in [6.45, 7) is 2.67. The van der Waals surface area contributed by atoms with Gasteiger partial charge in [-0.15, -0.1) is 0 Å². The molecule has 3 N–H and O–H groups in total. The third kappa shape index (κ3) is 4.85. The van der Waals surface area contributed by atoms with Crippen LogP contribution in [0.5, 0.6) is 5.75 Å². The highest BCUT2D eigenvalue weighted by atomic mass is 79.9. The summed E-state index contributed by atoms with van der Waals surface area (Å²) in [5.41, 5.74) is -1.04. The first-order valence-electron chi connectivity index (χ1n) is 6.53. The number of hydrogen-bond acceptors (Lipinski definition) is 4. The standard InChI is InChI=1S/C14H19BrClNO4/c1-3-14(7-18,8-19)17-13(20)9(2)21-12-5-4-10(16)6-11(12)15/h4-6,9,18-19H,3,7-8H2,1-2H3,(H,17,20). The van der Waals surface area contributed by atoms with Crippen molar-refractivity contribution in [2.75, 3.05) is 13.2 Å². The molecular weight excluding hydrogens is 362 g/mol. The molecule has 0 saturated heterocycles. The van der Waals surface area contributed by atoms with Gasteiger partial charge in [0.25, 0.3) is 5.91 Å². The van der Waals surface area contributed by atoms with Gasteiger partial charge in [0.2, 0.25) is 0 Å². The summed E-state index contributed by atoms with van der Waals surface area (Å²) < 4.78 is 6.20. The molecule has 1 rings (SSSR count). The average molecular weight is 381 g/mol. The minimum atomic E-state index is -1.04. The summed E-state index contributed by atoms with van der Waals surface area (Å²) >= 11 is 9.15. The van der Waals surface area contributed by atoms with Crippen LogP contribution in [-0.2, 0) is 4.79 Å². The molecule has 1 aromatic rings. The minimum Gasteiger partial charge on any atom is -0.480 e. The van der Waals surface area contributed by atoms with Crippen molar-refractivity contribution >= 4 is 33.4 Å². The van der Waals surface area contributed by atoms with Crippen molar-refractivity contribution in [3.05, 3.63) is 27.7 Å². The molecule has 0 aliphatic heterocycles. The number of aliphatic hydroxyl groups excluding tert-OH is 2. The first-order valence-corrected chi connectivity index (χ1v) is 7.70. The number of benzene rings is 1. The second-order valence-electron chi connectivity index (χ2n) is 4.77. The van der Waals surface area contributed by atoms with Gasteiger partial charge in [-0.1, -0.05) is 18.5 Å². The van der Waals surface area contributed by atoms with Gasteiger partial charge in [-0.25, -0.2) is 0 Å². The number of rotatable bonds is 7. The van der Waals surface area contributed by atoms with Crippen LogP contribution in [0.15, 0.2) is 22.7 Å².